The summed E-state index contributed by atoms with van der Waals surface area (Å²) in [5.74, 6) is -91.9. The molecule has 0 unspecified atom stereocenters. The maximum atomic E-state index is 13.5. The first-order chi connectivity index (χ1) is 16.7. The Kier molecular flexibility index (Phi) is 8.71. The van der Waals surface area contributed by atoms with Crippen LogP contribution in [0.15, 0.2) is 0 Å². The van der Waals surface area contributed by atoms with Crippen LogP contribution in [0.1, 0.15) is 0 Å². The van der Waals surface area contributed by atoms with Crippen molar-refractivity contribution in [3.05, 3.63) is 0 Å². The normalized spacial score (nSPS) is 17.1. The van der Waals surface area contributed by atoms with Gasteiger partial charge < -0.3 is 0 Å². The second-order valence-electron chi connectivity index (χ2n) is 7.09. The van der Waals surface area contributed by atoms with E-state index in [2.05, 4.69) is 0 Å². The van der Waals surface area contributed by atoms with Gasteiger partial charge in [0.2, 0.25) is 0 Å². The standard InChI is InChI=1S/C12H2F24O3S/c13-1(14)2(15,16)3(17,18)4(19,20)5(21,22)6(23,24)7(25,26)8(27,28)9(29,30)10(31,32)11(33,34)12(35,36)40(37,38)39/h1H,(H,37,38,39). The first kappa shape index (κ1) is 38.2. The maximum Gasteiger partial charge on any atom is 0.438 e. The summed E-state index contributed by atoms with van der Waals surface area (Å²) in [4.78, 5) is 0. The van der Waals surface area contributed by atoms with Crippen LogP contribution in [0.25, 0.3) is 0 Å². The molecule has 3 nitrogen and oxygen atoms in total. The molecule has 0 spiro atoms. The van der Waals surface area contributed by atoms with E-state index >= 15 is 0 Å². The van der Waals surface area contributed by atoms with Crippen molar-refractivity contribution in [1.82, 2.24) is 0 Å². The Labute approximate surface area is 200 Å². The van der Waals surface area contributed by atoms with E-state index in [-0.39, 0.29) is 0 Å². The van der Waals surface area contributed by atoms with Crippen LogP contribution in [-0.2, 0) is 10.1 Å². The van der Waals surface area contributed by atoms with Crippen LogP contribution in [0.5, 0.6) is 0 Å². The molecule has 0 aromatic heterocycles. The topological polar surface area (TPSA) is 54.4 Å². The minimum Gasteiger partial charge on any atom is -0.281 e. The monoisotopic (exact) mass is 682 g/mol. The zero-order valence-electron chi connectivity index (χ0n) is 16.8. The van der Waals surface area contributed by atoms with Gasteiger partial charge in [-0.2, -0.15) is 105 Å². The van der Waals surface area contributed by atoms with E-state index in [1.807, 2.05) is 0 Å². The van der Waals surface area contributed by atoms with E-state index in [0.717, 1.165) is 0 Å². The Morgan fingerprint density at radius 1 is 0.375 bits per heavy atom. The first-order valence-electron chi connectivity index (χ1n) is 8.10. The minimum absolute atomic E-state index is 6.31. The van der Waals surface area contributed by atoms with Crippen LogP contribution in [0.3, 0.4) is 0 Å². The lowest BCUT2D eigenvalue weighted by Crippen LogP contribution is -2.78. The first-order valence-corrected chi connectivity index (χ1v) is 9.54. The van der Waals surface area contributed by atoms with Gasteiger partial charge in [-0.1, -0.05) is 0 Å². The van der Waals surface area contributed by atoms with Crippen molar-refractivity contribution in [3.63, 3.8) is 0 Å². The van der Waals surface area contributed by atoms with Crippen molar-refractivity contribution >= 4 is 10.1 Å². The van der Waals surface area contributed by atoms with Gasteiger partial charge in [-0.3, -0.25) is 4.55 Å². The summed E-state index contributed by atoms with van der Waals surface area (Å²) < 4.78 is 343. The van der Waals surface area contributed by atoms with Crippen LogP contribution >= 0.6 is 0 Å². The van der Waals surface area contributed by atoms with Crippen molar-refractivity contribution in [2.75, 3.05) is 0 Å². The predicted octanol–water partition coefficient (Wildman–Crippen LogP) is 7.09. The number of rotatable bonds is 12. The fourth-order valence-electron chi connectivity index (χ4n) is 2.07. The van der Waals surface area contributed by atoms with E-state index in [9.17, 15) is 114 Å². The highest BCUT2D eigenvalue weighted by atomic mass is 32.2. The van der Waals surface area contributed by atoms with Crippen molar-refractivity contribution in [2.45, 2.75) is 70.9 Å². The molecule has 0 rings (SSSR count). The van der Waals surface area contributed by atoms with Crippen LogP contribution in [-0.4, -0.2) is 83.9 Å². The van der Waals surface area contributed by atoms with Gasteiger partial charge in [0, 0.05) is 0 Å². The Bertz CT molecular complexity index is 1060. The minimum atomic E-state index is -9.65. The molecule has 0 fully saturated rings. The van der Waals surface area contributed by atoms with Gasteiger partial charge in [0.05, 0.1) is 0 Å². The fraction of sp³-hybridized carbons (Fsp3) is 1.00. The highest BCUT2D eigenvalue weighted by Gasteiger charge is 2.99. The molecule has 0 bridgehead atoms. The van der Waals surface area contributed by atoms with Gasteiger partial charge in [0.1, 0.15) is 0 Å². The summed E-state index contributed by atoms with van der Waals surface area (Å²) in [6.45, 7) is 0. The van der Waals surface area contributed by atoms with E-state index in [1.165, 1.54) is 0 Å². The molecule has 28 heteroatoms. The van der Waals surface area contributed by atoms with Crippen LogP contribution in [0, 0.1) is 0 Å². The molecular formula is C12H2F24O3S. The molecule has 0 radical (unpaired) electrons. The molecule has 1 N–H and O–H groups in total. The SMILES string of the molecule is O=S(=O)(O)C(F)(F)C(F)(F)C(F)(F)C(F)(F)C(F)(F)C(F)(F)C(F)(F)C(F)(F)C(F)(F)C(F)(F)C(F)(F)C(F)F. The zero-order chi connectivity index (χ0) is 33.6. The quantitative estimate of drug-likeness (QED) is 0.177. The highest BCUT2D eigenvalue weighted by Crippen LogP contribution is 2.67. The maximum absolute atomic E-state index is 13.5. The average Bonchev–Trinajstić information content (AvgIpc) is 2.71. The molecular weight excluding hydrogens is 680 g/mol. The van der Waals surface area contributed by atoms with E-state index < -0.39 is 81.0 Å². The molecule has 0 aliphatic carbocycles. The average molecular weight is 682 g/mol. The molecule has 0 heterocycles. The van der Waals surface area contributed by atoms with E-state index in [4.69, 9.17) is 4.55 Å². The third-order valence-electron chi connectivity index (χ3n) is 4.54. The van der Waals surface area contributed by atoms with E-state index in [0.29, 0.717) is 0 Å². The number of hydrogen-bond donors (Lipinski definition) is 1. The van der Waals surface area contributed by atoms with Crippen LogP contribution in [0.4, 0.5) is 105 Å². The molecule has 0 aliphatic heterocycles. The second-order valence-corrected chi connectivity index (χ2v) is 8.55. The summed E-state index contributed by atoms with van der Waals surface area (Å²) in [7, 11) is -8.20. The molecule has 0 aliphatic rings. The molecule has 0 aromatic carbocycles. The zero-order valence-corrected chi connectivity index (χ0v) is 17.6. The Morgan fingerprint density at radius 3 is 0.725 bits per heavy atom. The second kappa shape index (κ2) is 9.11. The molecule has 242 valence electrons. The van der Waals surface area contributed by atoms with Crippen molar-refractivity contribution in [1.29, 1.82) is 0 Å². The lowest BCUT2D eigenvalue weighted by Gasteiger charge is -2.45. The van der Waals surface area contributed by atoms with Crippen molar-refractivity contribution in [2.24, 2.45) is 0 Å². The summed E-state index contributed by atoms with van der Waals surface area (Å²) in [5.41, 5.74) is 0. The molecule has 0 saturated carbocycles. The van der Waals surface area contributed by atoms with Crippen LogP contribution < -0.4 is 0 Å². The number of hydrogen-bond acceptors (Lipinski definition) is 2. The van der Waals surface area contributed by atoms with Gasteiger partial charge in [-0.25, -0.2) is 8.78 Å². The van der Waals surface area contributed by atoms with Gasteiger partial charge in [-0.15, -0.1) is 0 Å². The molecule has 0 aromatic rings. The van der Waals surface area contributed by atoms with Gasteiger partial charge in [-0.05, 0) is 0 Å². The van der Waals surface area contributed by atoms with Crippen LogP contribution in [0.2, 0.25) is 0 Å². The number of halogens is 24. The summed E-state index contributed by atoms with van der Waals surface area (Å²) >= 11 is 0. The lowest BCUT2D eigenvalue weighted by atomic mass is 9.85. The molecule has 0 atom stereocenters. The number of alkyl halides is 24. The Hall–Kier alpha value is -1.77. The van der Waals surface area contributed by atoms with Crippen molar-refractivity contribution < 1.29 is 118 Å². The third-order valence-corrected chi connectivity index (χ3v) is 5.44. The molecule has 0 saturated heterocycles. The molecule has 0 amide bonds. The Morgan fingerprint density at radius 2 is 0.550 bits per heavy atom. The highest BCUT2D eigenvalue weighted by molar-refractivity contribution is 7.87. The predicted molar refractivity (Wildman–Crippen MR) is 72.0 cm³/mol. The van der Waals surface area contributed by atoms with Crippen molar-refractivity contribution in [3.8, 4) is 0 Å². The van der Waals surface area contributed by atoms with E-state index in [1.54, 1.807) is 0 Å². The van der Waals surface area contributed by atoms with Gasteiger partial charge in [0.15, 0.2) is 0 Å². The van der Waals surface area contributed by atoms with Gasteiger partial charge in [0.25, 0.3) is 0 Å². The summed E-state index contributed by atoms with van der Waals surface area (Å²) in [6.07, 6.45) is -6.31. The lowest BCUT2D eigenvalue weighted by molar-refractivity contribution is -0.474. The Balaban J connectivity index is 7.40. The van der Waals surface area contributed by atoms with Gasteiger partial charge >= 0.3 is 81.0 Å². The molecule has 40 heavy (non-hydrogen) atoms. The third kappa shape index (κ3) is 4.22. The fourth-order valence-corrected chi connectivity index (χ4v) is 2.52. The summed E-state index contributed by atoms with van der Waals surface area (Å²) in [6, 6.07) is 0. The largest absolute Gasteiger partial charge is 0.438 e. The smallest absolute Gasteiger partial charge is 0.281 e. The summed E-state index contributed by atoms with van der Waals surface area (Å²) in [5, 5.41) is -8.18.